The Kier molecular flexibility index (Phi) is 5.74. The van der Waals surface area contributed by atoms with Crippen LogP contribution in [0.1, 0.15) is 18.1 Å². The van der Waals surface area contributed by atoms with E-state index in [1.165, 1.54) is 13.0 Å². The minimum atomic E-state index is -0.297. The summed E-state index contributed by atoms with van der Waals surface area (Å²) in [6, 6.07) is 12.3. The minimum absolute atomic E-state index is 0.0166. The van der Waals surface area contributed by atoms with Gasteiger partial charge in [-0.3, -0.25) is 4.79 Å². The van der Waals surface area contributed by atoms with Gasteiger partial charge in [-0.15, -0.1) is 0 Å². The van der Waals surface area contributed by atoms with Crippen LogP contribution >= 0.6 is 11.6 Å². The lowest BCUT2D eigenvalue weighted by Gasteiger charge is -2.24. The van der Waals surface area contributed by atoms with Gasteiger partial charge in [-0.25, -0.2) is 4.39 Å². The first-order valence-electron chi connectivity index (χ1n) is 8.30. The Hall–Kier alpha value is -2.59. The van der Waals surface area contributed by atoms with Gasteiger partial charge in [-0.1, -0.05) is 42.0 Å². The number of hydrogen-bond donors (Lipinski definition) is 0. The third-order valence-electron chi connectivity index (χ3n) is 3.98. The van der Waals surface area contributed by atoms with Crippen LogP contribution in [0.3, 0.4) is 0 Å². The Bertz CT molecular complexity index is 859. The van der Waals surface area contributed by atoms with Crippen LogP contribution in [-0.2, 0) is 11.3 Å². The maximum Gasteiger partial charge on any atom is 0.167 e. The largest absolute Gasteiger partial charge is 0.486 e. The molecule has 0 amide bonds. The van der Waals surface area contributed by atoms with Crippen LogP contribution in [-0.4, -0.2) is 23.8 Å². The Labute approximate surface area is 157 Å². The zero-order valence-corrected chi connectivity index (χ0v) is 15.2. The molecule has 0 fully saturated rings. The van der Waals surface area contributed by atoms with Gasteiger partial charge in [0, 0.05) is 29.9 Å². The average Bonchev–Trinajstić information content (AvgIpc) is 2.63. The lowest BCUT2D eigenvalue weighted by atomic mass is 10.0. The Morgan fingerprint density at radius 3 is 2.69 bits per heavy atom. The van der Waals surface area contributed by atoms with Gasteiger partial charge >= 0.3 is 0 Å². The molecule has 3 rings (SSSR count). The maximum atomic E-state index is 14.0. The van der Waals surface area contributed by atoms with Crippen molar-refractivity contribution in [3.8, 4) is 5.75 Å². The van der Waals surface area contributed by atoms with Crippen LogP contribution in [0.25, 0.3) is 5.57 Å². The van der Waals surface area contributed by atoms with E-state index < -0.39 is 0 Å². The fourth-order valence-corrected chi connectivity index (χ4v) is 2.84. The van der Waals surface area contributed by atoms with Gasteiger partial charge in [0.1, 0.15) is 18.2 Å². The van der Waals surface area contributed by atoms with Gasteiger partial charge in [0.2, 0.25) is 0 Å². The van der Waals surface area contributed by atoms with Crippen molar-refractivity contribution in [3.05, 3.63) is 82.8 Å². The summed E-state index contributed by atoms with van der Waals surface area (Å²) in [7, 11) is 0. The zero-order chi connectivity index (χ0) is 18.5. The van der Waals surface area contributed by atoms with Crippen molar-refractivity contribution in [2.24, 2.45) is 0 Å². The summed E-state index contributed by atoms with van der Waals surface area (Å²) in [5.74, 6) is 0.343. The first kappa shape index (κ1) is 18.2. The third kappa shape index (κ3) is 4.73. The molecule has 0 radical (unpaired) electrons. The highest BCUT2D eigenvalue weighted by Crippen LogP contribution is 2.24. The first-order valence-corrected chi connectivity index (χ1v) is 8.68. The van der Waals surface area contributed by atoms with Crippen molar-refractivity contribution in [1.82, 2.24) is 4.90 Å². The predicted molar refractivity (Wildman–Crippen MR) is 102 cm³/mol. The monoisotopic (exact) mass is 371 g/mol. The van der Waals surface area contributed by atoms with E-state index in [1.54, 1.807) is 12.1 Å². The fraction of sp³-hybridized carbons (Fsp3) is 0.190. The molecule has 1 heterocycles. The smallest absolute Gasteiger partial charge is 0.167 e. The molecule has 0 atom stereocenters. The van der Waals surface area contributed by atoms with Crippen molar-refractivity contribution in [2.75, 3.05) is 13.2 Å². The fourth-order valence-electron chi connectivity index (χ4n) is 2.69. The van der Waals surface area contributed by atoms with Crippen molar-refractivity contribution in [3.63, 3.8) is 0 Å². The molecule has 0 saturated carbocycles. The molecule has 26 heavy (non-hydrogen) atoms. The summed E-state index contributed by atoms with van der Waals surface area (Å²) in [4.78, 5) is 13.0. The Morgan fingerprint density at radius 2 is 2.00 bits per heavy atom. The van der Waals surface area contributed by atoms with Crippen LogP contribution < -0.4 is 4.74 Å². The van der Waals surface area contributed by atoms with Crippen LogP contribution in [0.5, 0.6) is 5.75 Å². The number of ether oxygens (including phenoxy) is 1. The van der Waals surface area contributed by atoms with E-state index in [9.17, 15) is 9.18 Å². The molecular weight excluding hydrogens is 353 g/mol. The number of benzene rings is 2. The highest BCUT2D eigenvalue weighted by atomic mass is 35.5. The van der Waals surface area contributed by atoms with E-state index in [0.717, 1.165) is 11.1 Å². The summed E-state index contributed by atoms with van der Waals surface area (Å²) in [6.07, 6.45) is 6.10. The number of carbonyl (C=O) groups excluding carboxylic acids is 1. The summed E-state index contributed by atoms with van der Waals surface area (Å²) in [6.45, 7) is 2.74. The van der Waals surface area contributed by atoms with Gasteiger partial charge in [-0.2, -0.15) is 0 Å². The number of nitrogens with zero attached hydrogens (tertiary/aromatic N) is 1. The maximum absolute atomic E-state index is 14.0. The summed E-state index contributed by atoms with van der Waals surface area (Å²) < 4.78 is 19.4. The molecule has 1 aliphatic rings. The summed E-state index contributed by atoms with van der Waals surface area (Å²) in [5, 5.41) is 0.396. The molecular formula is C21H19ClFNO2. The van der Waals surface area contributed by atoms with E-state index in [4.69, 9.17) is 16.3 Å². The van der Waals surface area contributed by atoms with Crippen molar-refractivity contribution in [1.29, 1.82) is 0 Å². The lowest BCUT2D eigenvalue weighted by molar-refractivity contribution is -0.118. The quantitative estimate of drug-likeness (QED) is 0.726. The standard InChI is InChI=1S/C21H19ClFNO2/c1-15(25)14-26-20-8-5-16(6-9-20)17-3-2-10-24(12-17)13-18-4-7-19(22)11-21(18)23/h2-9,11-12H,10,13-14H2,1H3. The minimum Gasteiger partial charge on any atom is -0.486 e. The van der Waals surface area contributed by atoms with E-state index in [2.05, 4.69) is 0 Å². The van der Waals surface area contributed by atoms with Crippen molar-refractivity contribution >= 4 is 23.0 Å². The molecule has 2 aromatic carbocycles. The lowest BCUT2D eigenvalue weighted by Crippen LogP contribution is -2.20. The second-order valence-corrected chi connectivity index (χ2v) is 6.60. The van der Waals surface area contributed by atoms with Gasteiger partial charge in [0.25, 0.3) is 0 Å². The van der Waals surface area contributed by atoms with E-state index >= 15 is 0 Å². The normalized spacial score (nSPS) is 13.5. The molecule has 0 spiro atoms. The molecule has 0 aromatic heterocycles. The molecule has 134 valence electrons. The van der Waals surface area contributed by atoms with Crippen molar-refractivity contribution < 1.29 is 13.9 Å². The molecule has 0 saturated heterocycles. The van der Waals surface area contributed by atoms with Crippen molar-refractivity contribution in [2.45, 2.75) is 13.5 Å². The first-order chi connectivity index (χ1) is 12.5. The molecule has 2 aromatic rings. The second-order valence-electron chi connectivity index (χ2n) is 6.17. The SMILES string of the molecule is CC(=O)COc1ccc(C2=CN(Cc3ccc(Cl)cc3F)CC=C2)cc1. The second kappa shape index (κ2) is 8.19. The molecule has 3 nitrogen and oxygen atoms in total. The Morgan fingerprint density at radius 1 is 1.23 bits per heavy atom. The van der Waals surface area contributed by atoms with Gasteiger partial charge in [0.05, 0.1) is 0 Å². The zero-order valence-electron chi connectivity index (χ0n) is 14.4. The molecule has 0 unspecified atom stereocenters. The molecule has 1 aliphatic heterocycles. The summed E-state index contributed by atoms with van der Waals surface area (Å²) in [5.41, 5.74) is 2.66. The Balaban J connectivity index is 1.71. The summed E-state index contributed by atoms with van der Waals surface area (Å²) >= 11 is 5.81. The topological polar surface area (TPSA) is 29.5 Å². The highest BCUT2D eigenvalue weighted by Gasteiger charge is 2.11. The van der Waals surface area contributed by atoms with Gasteiger partial charge in [0.15, 0.2) is 5.78 Å². The molecule has 0 bridgehead atoms. The van der Waals surface area contributed by atoms with E-state index in [0.29, 0.717) is 29.4 Å². The van der Waals surface area contributed by atoms with Crippen LogP contribution in [0.2, 0.25) is 5.02 Å². The number of carbonyl (C=O) groups is 1. The van der Waals surface area contributed by atoms with Gasteiger partial charge in [-0.05, 0) is 42.3 Å². The van der Waals surface area contributed by atoms with Crippen LogP contribution in [0.15, 0.2) is 60.8 Å². The highest BCUT2D eigenvalue weighted by molar-refractivity contribution is 6.30. The number of ketones is 1. The van der Waals surface area contributed by atoms with Crippen LogP contribution in [0.4, 0.5) is 4.39 Å². The number of halogens is 2. The predicted octanol–water partition coefficient (Wildman–Crippen LogP) is 4.86. The number of hydrogen-bond acceptors (Lipinski definition) is 3. The molecule has 0 N–H and O–H groups in total. The van der Waals surface area contributed by atoms with Gasteiger partial charge < -0.3 is 9.64 Å². The average molecular weight is 372 g/mol. The molecule has 5 heteroatoms. The number of allylic oxidation sites excluding steroid dienone is 2. The third-order valence-corrected chi connectivity index (χ3v) is 4.21. The number of rotatable bonds is 6. The van der Waals surface area contributed by atoms with E-state index in [1.807, 2.05) is 47.5 Å². The number of Topliss-reactive ketones (excluding diaryl/α,β-unsaturated/α-hetero) is 1. The van der Waals surface area contributed by atoms with Crippen LogP contribution in [0, 0.1) is 5.82 Å². The molecule has 0 aliphatic carbocycles. The van der Waals surface area contributed by atoms with E-state index in [-0.39, 0.29) is 18.2 Å².